The molecule has 1 aromatic heterocycles. The lowest BCUT2D eigenvalue weighted by Crippen LogP contribution is -2.15. The van der Waals surface area contributed by atoms with Crippen molar-refractivity contribution in [3.63, 3.8) is 0 Å². The highest BCUT2D eigenvalue weighted by molar-refractivity contribution is 5.43. The number of aromatic nitrogens is 2. The van der Waals surface area contributed by atoms with Crippen LogP contribution in [0.25, 0.3) is 0 Å². The van der Waals surface area contributed by atoms with E-state index in [0.29, 0.717) is 12.5 Å². The van der Waals surface area contributed by atoms with Gasteiger partial charge < -0.3 is 15.3 Å². The highest BCUT2D eigenvalue weighted by Gasteiger charge is 2.05. The highest BCUT2D eigenvalue weighted by Crippen LogP contribution is 2.14. The Hall–Kier alpha value is -2.14. The van der Waals surface area contributed by atoms with Crippen molar-refractivity contribution in [3.05, 3.63) is 47.2 Å². The van der Waals surface area contributed by atoms with Gasteiger partial charge in [-0.05, 0) is 17.5 Å². The Balaban J connectivity index is 2.09. The molecule has 0 radical (unpaired) electrons. The van der Waals surface area contributed by atoms with Crippen molar-refractivity contribution < 1.29 is 5.11 Å². The zero-order chi connectivity index (χ0) is 15.2. The van der Waals surface area contributed by atoms with E-state index in [9.17, 15) is 0 Å². The number of nitrogens with zero attached hydrogens (tertiary/aromatic N) is 3. The molecule has 0 saturated heterocycles. The molecule has 0 bridgehead atoms. The van der Waals surface area contributed by atoms with Crippen LogP contribution in [0.4, 0.5) is 11.8 Å². The summed E-state index contributed by atoms with van der Waals surface area (Å²) in [5.41, 5.74) is 3.09. The lowest BCUT2D eigenvalue weighted by molar-refractivity contribution is 0.282. The summed E-state index contributed by atoms with van der Waals surface area (Å²) in [6.45, 7) is 2.85. The number of aryl methyl sites for hydroxylation is 1. The SMILES string of the molecule is CCc1cc(NCc2ccc(CO)cc2)nc(N(C)C)n1. The topological polar surface area (TPSA) is 61.3 Å². The van der Waals surface area contributed by atoms with E-state index in [0.717, 1.165) is 29.1 Å². The van der Waals surface area contributed by atoms with E-state index < -0.39 is 0 Å². The lowest BCUT2D eigenvalue weighted by atomic mass is 10.1. The Morgan fingerprint density at radius 1 is 1.10 bits per heavy atom. The van der Waals surface area contributed by atoms with Crippen molar-refractivity contribution in [1.82, 2.24) is 9.97 Å². The molecule has 5 nitrogen and oxygen atoms in total. The molecule has 2 aromatic rings. The van der Waals surface area contributed by atoms with Crippen molar-refractivity contribution in [2.24, 2.45) is 0 Å². The van der Waals surface area contributed by atoms with Crippen molar-refractivity contribution in [1.29, 1.82) is 0 Å². The van der Waals surface area contributed by atoms with E-state index in [1.807, 2.05) is 49.3 Å². The normalized spacial score (nSPS) is 10.5. The molecule has 1 heterocycles. The van der Waals surface area contributed by atoms with E-state index in [4.69, 9.17) is 5.11 Å². The van der Waals surface area contributed by atoms with Crippen LogP contribution in [0.5, 0.6) is 0 Å². The lowest BCUT2D eigenvalue weighted by Gasteiger charge is -2.14. The van der Waals surface area contributed by atoms with Crippen molar-refractivity contribution in [2.45, 2.75) is 26.5 Å². The first-order valence-corrected chi connectivity index (χ1v) is 7.10. The molecule has 112 valence electrons. The average Bonchev–Trinajstić information content (AvgIpc) is 2.53. The van der Waals surface area contributed by atoms with Crippen molar-refractivity contribution in [3.8, 4) is 0 Å². The summed E-state index contributed by atoms with van der Waals surface area (Å²) in [7, 11) is 3.87. The number of nitrogens with one attached hydrogen (secondary N) is 1. The van der Waals surface area contributed by atoms with Crippen LogP contribution < -0.4 is 10.2 Å². The van der Waals surface area contributed by atoms with Gasteiger partial charge in [0.15, 0.2) is 0 Å². The Bertz CT molecular complexity index is 581. The summed E-state index contributed by atoms with van der Waals surface area (Å²) < 4.78 is 0. The predicted molar refractivity (Wildman–Crippen MR) is 85.4 cm³/mol. The fourth-order valence-corrected chi connectivity index (χ4v) is 1.91. The number of aliphatic hydroxyl groups is 1. The third-order valence-corrected chi connectivity index (χ3v) is 3.21. The van der Waals surface area contributed by atoms with Gasteiger partial charge in [0.25, 0.3) is 0 Å². The summed E-state index contributed by atoms with van der Waals surface area (Å²) in [5.74, 6) is 1.55. The van der Waals surface area contributed by atoms with E-state index in [-0.39, 0.29) is 6.61 Å². The number of anilines is 2. The monoisotopic (exact) mass is 286 g/mol. The first kappa shape index (κ1) is 15.3. The molecule has 0 aliphatic heterocycles. The number of hydrogen-bond donors (Lipinski definition) is 2. The second-order valence-electron chi connectivity index (χ2n) is 5.12. The van der Waals surface area contributed by atoms with Crippen LogP contribution >= 0.6 is 0 Å². The summed E-state index contributed by atoms with van der Waals surface area (Å²) in [6.07, 6.45) is 0.878. The third kappa shape index (κ3) is 4.16. The number of rotatable bonds is 6. The minimum absolute atomic E-state index is 0.0751. The molecule has 2 rings (SSSR count). The quantitative estimate of drug-likeness (QED) is 0.852. The Morgan fingerprint density at radius 3 is 2.33 bits per heavy atom. The first-order valence-electron chi connectivity index (χ1n) is 7.10. The molecule has 0 aliphatic rings. The van der Waals surface area contributed by atoms with Crippen molar-refractivity contribution in [2.75, 3.05) is 24.3 Å². The highest BCUT2D eigenvalue weighted by atomic mass is 16.3. The zero-order valence-corrected chi connectivity index (χ0v) is 12.8. The average molecular weight is 286 g/mol. The Labute approximate surface area is 125 Å². The molecule has 0 aliphatic carbocycles. The molecule has 0 saturated carbocycles. The van der Waals surface area contributed by atoms with Crippen LogP contribution in [-0.2, 0) is 19.6 Å². The van der Waals surface area contributed by atoms with Crippen LogP contribution in [-0.4, -0.2) is 29.2 Å². The smallest absolute Gasteiger partial charge is 0.226 e. The van der Waals surface area contributed by atoms with Gasteiger partial charge in [0.1, 0.15) is 5.82 Å². The standard InChI is InChI=1S/C16H22N4O/c1-4-14-9-15(19-16(18-14)20(2)3)17-10-12-5-7-13(11-21)8-6-12/h5-9,21H,4,10-11H2,1-3H3,(H,17,18,19). The molecular formula is C16H22N4O. The van der Waals surface area contributed by atoms with E-state index >= 15 is 0 Å². The van der Waals surface area contributed by atoms with Gasteiger partial charge in [0.2, 0.25) is 5.95 Å². The molecule has 0 atom stereocenters. The van der Waals surface area contributed by atoms with Gasteiger partial charge in [-0.15, -0.1) is 0 Å². The van der Waals surface area contributed by atoms with Crippen LogP contribution in [0.3, 0.4) is 0 Å². The molecule has 1 aromatic carbocycles. The molecule has 5 heteroatoms. The van der Waals surface area contributed by atoms with E-state index in [2.05, 4.69) is 22.2 Å². The van der Waals surface area contributed by atoms with Crippen LogP contribution in [0.1, 0.15) is 23.7 Å². The number of hydrogen-bond acceptors (Lipinski definition) is 5. The van der Waals surface area contributed by atoms with Crippen LogP contribution in [0, 0.1) is 0 Å². The largest absolute Gasteiger partial charge is 0.392 e. The number of aliphatic hydroxyl groups excluding tert-OH is 1. The molecule has 0 spiro atoms. The predicted octanol–water partition coefficient (Wildman–Crippen LogP) is 2.21. The van der Waals surface area contributed by atoms with Gasteiger partial charge in [-0.25, -0.2) is 4.98 Å². The molecule has 0 unspecified atom stereocenters. The summed E-state index contributed by atoms with van der Waals surface area (Å²) in [5, 5.41) is 12.4. The fraction of sp³-hybridized carbons (Fsp3) is 0.375. The minimum atomic E-state index is 0.0751. The second kappa shape index (κ2) is 7.04. The minimum Gasteiger partial charge on any atom is -0.392 e. The Morgan fingerprint density at radius 2 is 1.76 bits per heavy atom. The molecule has 21 heavy (non-hydrogen) atoms. The summed E-state index contributed by atoms with van der Waals surface area (Å²) in [4.78, 5) is 10.9. The van der Waals surface area contributed by atoms with Crippen LogP contribution in [0.2, 0.25) is 0 Å². The van der Waals surface area contributed by atoms with Gasteiger partial charge in [0.05, 0.1) is 6.61 Å². The summed E-state index contributed by atoms with van der Waals surface area (Å²) in [6, 6.07) is 9.86. The maximum absolute atomic E-state index is 9.04. The van der Waals surface area contributed by atoms with Gasteiger partial charge in [-0.3, -0.25) is 0 Å². The Kier molecular flexibility index (Phi) is 5.11. The molecule has 2 N–H and O–H groups in total. The van der Waals surface area contributed by atoms with E-state index in [1.54, 1.807) is 0 Å². The molecule has 0 fully saturated rings. The third-order valence-electron chi connectivity index (χ3n) is 3.21. The van der Waals surface area contributed by atoms with Gasteiger partial charge in [0, 0.05) is 32.4 Å². The van der Waals surface area contributed by atoms with Crippen LogP contribution in [0.15, 0.2) is 30.3 Å². The van der Waals surface area contributed by atoms with E-state index in [1.165, 1.54) is 0 Å². The maximum atomic E-state index is 9.04. The second-order valence-corrected chi connectivity index (χ2v) is 5.12. The van der Waals surface area contributed by atoms with Gasteiger partial charge >= 0.3 is 0 Å². The first-order chi connectivity index (χ1) is 10.1. The summed E-state index contributed by atoms with van der Waals surface area (Å²) >= 11 is 0. The van der Waals surface area contributed by atoms with Crippen molar-refractivity contribution >= 4 is 11.8 Å². The molecule has 0 amide bonds. The van der Waals surface area contributed by atoms with Gasteiger partial charge in [-0.2, -0.15) is 4.98 Å². The fourth-order valence-electron chi connectivity index (χ4n) is 1.91. The molecular weight excluding hydrogens is 264 g/mol. The number of benzene rings is 1. The maximum Gasteiger partial charge on any atom is 0.226 e. The zero-order valence-electron chi connectivity index (χ0n) is 12.8. The van der Waals surface area contributed by atoms with Gasteiger partial charge in [-0.1, -0.05) is 31.2 Å².